The summed E-state index contributed by atoms with van der Waals surface area (Å²) >= 11 is 0. The Bertz CT molecular complexity index is 731. The quantitative estimate of drug-likeness (QED) is 0.723. The molecule has 0 fully saturated rings. The van der Waals surface area contributed by atoms with Crippen LogP contribution in [0.1, 0.15) is 29.7 Å². The maximum absolute atomic E-state index is 12.3. The fourth-order valence-electron chi connectivity index (χ4n) is 2.65. The summed E-state index contributed by atoms with van der Waals surface area (Å²) in [5, 5.41) is 22.8. The first-order valence-electron chi connectivity index (χ1n) is 8.45. The van der Waals surface area contributed by atoms with Crippen molar-refractivity contribution in [1.82, 2.24) is 4.90 Å². The van der Waals surface area contributed by atoms with Gasteiger partial charge in [0.05, 0.1) is 12.6 Å². The number of nitrogens with one attached hydrogen (secondary N) is 1. The lowest BCUT2D eigenvalue weighted by atomic mass is 10.1. The van der Waals surface area contributed by atoms with Crippen LogP contribution in [-0.4, -0.2) is 40.7 Å². The largest absolute Gasteiger partial charge is 0.508 e. The first kappa shape index (κ1) is 19.0. The molecular formula is C20H26N2O3. The molecule has 0 aliphatic carbocycles. The molecule has 0 aliphatic rings. The summed E-state index contributed by atoms with van der Waals surface area (Å²) in [5.41, 5.74) is 3.55. The molecule has 2 aromatic rings. The van der Waals surface area contributed by atoms with Crippen molar-refractivity contribution >= 4 is 11.6 Å². The van der Waals surface area contributed by atoms with Crippen molar-refractivity contribution in [1.29, 1.82) is 0 Å². The van der Waals surface area contributed by atoms with Crippen LogP contribution < -0.4 is 5.32 Å². The molecule has 3 N–H and O–H groups in total. The molecule has 0 aromatic heterocycles. The smallest absolute Gasteiger partial charge is 0.238 e. The number of likely N-dealkylation sites (N-methyl/N-ethyl adjacent to an activating group) is 1. The number of aliphatic hydroxyl groups excluding tert-OH is 1. The number of hydrogen-bond donors (Lipinski definition) is 3. The number of aromatic hydroxyl groups is 1. The molecule has 0 heterocycles. The van der Waals surface area contributed by atoms with Crippen LogP contribution in [0.2, 0.25) is 0 Å². The van der Waals surface area contributed by atoms with E-state index in [1.165, 1.54) is 6.07 Å². The summed E-state index contributed by atoms with van der Waals surface area (Å²) in [6, 6.07) is 12.5. The van der Waals surface area contributed by atoms with E-state index in [9.17, 15) is 15.0 Å². The van der Waals surface area contributed by atoms with E-state index in [1.54, 1.807) is 18.2 Å². The molecule has 134 valence electrons. The van der Waals surface area contributed by atoms with Gasteiger partial charge in [-0.15, -0.1) is 0 Å². The molecule has 5 nitrogen and oxygen atoms in total. The van der Waals surface area contributed by atoms with E-state index in [0.717, 1.165) is 16.8 Å². The number of nitrogens with zero attached hydrogens (tertiary/aromatic N) is 1. The van der Waals surface area contributed by atoms with Gasteiger partial charge in [-0.3, -0.25) is 9.69 Å². The number of carbonyl (C=O) groups is 1. The average Bonchev–Trinajstić information content (AvgIpc) is 2.57. The Morgan fingerprint density at radius 3 is 2.64 bits per heavy atom. The van der Waals surface area contributed by atoms with Gasteiger partial charge < -0.3 is 15.5 Å². The summed E-state index contributed by atoms with van der Waals surface area (Å²) in [4.78, 5) is 14.2. The van der Waals surface area contributed by atoms with Gasteiger partial charge in [0, 0.05) is 12.2 Å². The van der Waals surface area contributed by atoms with E-state index < -0.39 is 6.10 Å². The number of amides is 1. The predicted octanol–water partition coefficient (Wildman–Crippen LogP) is 3.00. The Labute approximate surface area is 148 Å². The number of benzene rings is 2. The normalized spacial score (nSPS) is 12.2. The molecule has 0 spiro atoms. The number of rotatable bonds is 7. The third-order valence-electron chi connectivity index (χ3n) is 4.17. The Hall–Kier alpha value is -2.37. The number of hydrogen-bond acceptors (Lipinski definition) is 4. The number of phenols is 1. The van der Waals surface area contributed by atoms with Gasteiger partial charge in [-0.1, -0.05) is 31.2 Å². The fraction of sp³-hybridized carbons (Fsp3) is 0.350. The predicted molar refractivity (Wildman–Crippen MR) is 99.7 cm³/mol. The van der Waals surface area contributed by atoms with Gasteiger partial charge in [0.25, 0.3) is 0 Å². The second kappa shape index (κ2) is 8.65. The van der Waals surface area contributed by atoms with Gasteiger partial charge >= 0.3 is 0 Å². The van der Waals surface area contributed by atoms with Gasteiger partial charge in [0.2, 0.25) is 5.91 Å². The number of carbonyl (C=O) groups excluding carboxylic acids is 1. The maximum Gasteiger partial charge on any atom is 0.238 e. The zero-order valence-corrected chi connectivity index (χ0v) is 15.0. The molecule has 25 heavy (non-hydrogen) atoms. The Morgan fingerprint density at radius 2 is 1.96 bits per heavy atom. The van der Waals surface area contributed by atoms with E-state index in [2.05, 4.69) is 5.32 Å². The van der Waals surface area contributed by atoms with Crippen molar-refractivity contribution < 1.29 is 15.0 Å². The Morgan fingerprint density at radius 1 is 1.20 bits per heavy atom. The molecule has 0 aliphatic heterocycles. The molecule has 0 saturated heterocycles. The third-order valence-corrected chi connectivity index (χ3v) is 4.17. The van der Waals surface area contributed by atoms with Crippen molar-refractivity contribution in [2.75, 3.05) is 25.0 Å². The van der Waals surface area contributed by atoms with Crippen LogP contribution in [-0.2, 0) is 4.79 Å². The number of anilines is 1. The standard InChI is InChI=1S/C20H26N2O3/c1-4-22(12-19(24)16-6-5-7-17(23)11-16)13-20(25)21-18-10-14(2)8-9-15(18)3/h5-11,19,23-24H,4,12-13H2,1-3H3,(H,21,25)/t19-/m0/s1. The topological polar surface area (TPSA) is 72.8 Å². The van der Waals surface area contributed by atoms with Crippen LogP contribution in [0.25, 0.3) is 0 Å². The highest BCUT2D eigenvalue weighted by molar-refractivity contribution is 5.93. The van der Waals surface area contributed by atoms with Crippen LogP contribution in [0.15, 0.2) is 42.5 Å². The van der Waals surface area contributed by atoms with E-state index >= 15 is 0 Å². The molecule has 0 unspecified atom stereocenters. The van der Waals surface area contributed by atoms with Crippen molar-refractivity contribution in [3.8, 4) is 5.75 Å². The zero-order valence-electron chi connectivity index (χ0n) is 15.0. The second-order valence-electron chi connectivity index (χ2n) is 6.31. The van der Waals surface area contributed by atoms with Crippen LogP contribution in [0, 0.1) is 13.8 Å². The summed E-state index contributed by atoms with van der Waals surface area (Å²) in [5.74, 6) is 0.00548. The van der Waals surface area contributed by atoms with Gasteiger partial charge in [-0.05, 0) is 55.3 Å². The van der Waals surface area contributed by atoms with Crippen LogP contribution >= 0.6 is 0 Å². The Kier molecular flexibility index (Phi) is 6.56. The molecule has 2 rings (SSSR count). The van der Waals surface area contributed by atoms with Gasteiger partial charge in [0.1, 0.15) is 5.75 Å². The number of aryl methyl sites for hydroxylation is 2. The summed E-state index contributed by atoms with van der Waals surface area (Å²) in [7, 11) is 0. The first-order valence-corrected chi connectivity index (χ1v) is 8.45. The van der Waals surface area contributed by atoms with Crippen LogP contribution in [0.3, 0.4) is 0 Å². The van der Waals surface area contributed by atoms with E-state index in [0.29, 0.717) is 18.7 Å². The van der Waals surface area contributed by atoms with Crippen LogP contribution in [0.5, 0.6) is 5.75 Å². The van der Waals surface area contributed by atoms with E-state index in [1.807, 2.05) is 43.9 Å². The van der Waals surface area contributed by atoms with Gasteiger partial charge in [-0.25, -0.2) is 0 Å². The summed E-state index contributed by atoms with van der Waals surface area (Å²) < 4.78 is 0. The minimum atomic E-state index is -0.763. The third kappa shape index (κ3) is 5.59. The van der Waals surface area contributed by atoms with Gasteiger partial charge in [0.15, 0.2) is 0 Å². The highest BCUT2D eigenvalue weighted by Gasteiger charge is 2.16. The molecule has 1 atom stereocenters. The Balaban J connectivity index is 1.96. The molecule has 5 heteroatoms. The minimum absolute atomic E-state index is 0.112. The molecule has 0 saturated carbocycles. The van der Waals surface area contributed by atoms with Crippen LogP contribution in [0.4, 0.5) is 5.69 Å². The fourth-order valence-corrected chi connectivity index (χ4v) is 2.65. The average molecular weight is 342 g/mol. The molecule has 2 aromatic carbocycles. The van der Waals surface area contributed by atoms with Crippen molar-refractivity contribution in [2.45, 2.75) is 26.9 Å². The number of phenolic OH excluding ortho intramolecular Hbond substituents is 1. The first-order chi connectivity index (χ1) is 11.9. The lowest BCUT2D eigenvalue weighted by Crippen LogP contribution is -2.36. The summed E-state index contributed by atoms with van der Waals surface area (Å²) in [6.45, 7) is 7.04. The minimum Gasteiger partial charge on any atom is -0.508 e. The van der Waals surface area contributed by atoms with Crippen molar-refractivity contribution in [3.63, 3.8) is 0 Å². The lowest BCUT2D eigenvalue weighted by molar-refractivity contribution is -0.117. The molecule has 0 radical (unpaired) electrons. The maximum atomic E-state index is 12.3. The highest BCUT2D eigenvalue weighted by Crippen LogP contribution is 2.19. The lowest BCUT2D eigenvalue weighted by Gasteiger charge is -2.23. The monoisotopic (exact) mass is 342 g/mol. The summed E-state index contributed by atoms with van der Waals surface area (Å²) in [6.07, 6.45) is -0.763. The number of aliphatic hydroxyl groups is 1. The molecule has 0 bridgehead atoms. The van der Waals surface area contributed by atoms with E-state index in [-0.39, 0.29) is 18.2 Å². The zero-order chi connectivity index (χ0) is 18.4. The SMILES string of the molecule is CCN(CC(=O)Nc1cc(C)ccc1C)C[C@H](O)c1cccc(O)c1. The molecule has 1 amide bonds. The van der Waals surface area contributed by atoms with Gasteiger partial charge in [-0.2, -0.15) is 0 Å². The van der Waals surface area contributed by atoms with Crippen molar-refractivity contribution in [3.05, 3.63) is 59.2 Å². The van der Waals surface area contributed by atoms with Crippen molar-refractivity contribution in [2.24, 2.45) is 0 Å². The highest BCUT2D eigenvalue weighted by atomic mass is 16.3. The second-order valence-corrected chi connectivity index (χ2v) is 6.31. The van der Waals surface area contributed by atoms with E-state index in [4.69, 9.17) is 0 Å². The molecular weight excluding hydrogens is 316 g/mol.